The number of oxazole rings is 1. The molecular weight excluding hydrogens is 306 g/mol. The highest BCUT2D eigenvalue weighted by molar-refractivity contribution is 7.89. The van der Waals surface area contributed by atoms with Crippen molar-refractivity contribution < 1.29 is 12.8 Å². The topological polar surface area (TPSA) is 107 Å². The fourth-order valence-electron chi connectivity index (χ4n) is 2.81. The van der Waals surface area contributed by atoms with E-state index in [1.165, 1.54) is 16.7 Å². The maximum Gasteiger partial charge on any atom is 0.419 e. The smallest absolute Gasteiger partial charge is 0.408 e. The van der Waals surface area contributed by atoms with Crippen molar-refractivity contribution in [3.63, 3.8) is 0 Å². The van der Waals surface area contributed by atoms with Crippen molar-refractivity contribution in [2.24, 2.45) is 12.8 Å². The van der Waals surface area contributed by atoms with Crippen LogP contribution in [-0.2, 0) is 17.1 Å². The average molecular weight is 325 g/mol. The summed E-state index contributed by atoms with van der Waals surface area (Å²) in [4.78, 5) is 11.6. The van der Waals surface area contributed by atoms with E-state index in [9.17, 15) is 13.2 Å². The molecule has 120 valence electrons. The van der Waals surface area contributed by atoms with E-state index < -0.39 is 15.8 Å². The maximum atomic E-state index is 12.4. The van der Waals surface area contributed by atoms with Crippen LogP contribution >= 0.6 is 0 Å². The summed E-state index contributed by atoms with van der Waals surface area (Å²) >= 11 is 0. The maximum absolute atomic E-state index is 12.4. The number of sulfonamides is 1. The van der Waals surface area contributed by atoms with Crippen molar-refractivity contribution in [3.05, 3.63) is 28.7 Å². The summed E-state index contributed by atoms with van der Waals surface area (Å²) < 4.78 is 34.0. The van der Waals surface area contributed by atoms with E-state index in [-0.39, 0.29) is 22.6 Å². The summed E-state index contributed by atoms with van der Waals surface area (Å²) in [5.41, 5.74) is 6.66. The highest BCUT2D eigenvalue weighted by Crippen LogP contribution is 2.21. The van der Waals surface area contributed by atoms with Crippen LogP contribution in [0.1, 0.15) is 25.7 Å². The molecule has 0 unspecified atom stereocenters. The SMILES string of the molecule is Cn1c(=O)oc2cc(S(=O)(=O)NC3CCC(N)CC3)ccc21. The summed E-state index contributed by atoms with van der Waals surface area (Å²) in [6.07, 6.45) is 3.12. The summed E-state index contributed by atoms with van der Waals surface area (Å²) in [5.74, 6) is -0.515. The van der Waals surface area contributed by atoms with Crippen molar-refractivity contribution in [2.45, 2.75) is 42.7 Å². The molecule has 1 saturated carbocycles. The third-order valence-corrected chi connectivity index (χ3v) is 5.69. The van der Waals surface area contributed by atoms with Gasteiger partial charge in [-0.1, -0.05) is 0 Å². The minimum atomic E-state index is -3.63. The van der Waals surface area contributed by atoms with Gasteiger partial charge >= 0.3 is 5.76 Å². The number of aromatic nitrogens is 1. The van der Waals surface area contributed by atoms with Crippen LogP contribution in [0.2, 0.25) is 0 Å². The Kier molecular flexibility index (Phi) is 3.84. The standard InChI is InChI=1S/C14H19N3O4S/c1-17-12-7-6-11(8-13(12)21-14(17)18)22(19,20)16-10-4-2-9(15)3-5-10/h6-10,16H,2-5,15H2,1H3. The summed E-state index contributed by atoms with van der Waals surface area (Å²) in [6.45, 7) is 0. The molecule has 0 atom stereocenters. The molecule has 0 aliphatic heterocycles. The lowest BCUT2D eigenvalue weighted by molar-refractivity contribution is 0.373. The second-order valence-corrected chi connectivity index (χ2v) is 7.50. The van der Waals surface area contributed by atoms with Crippen LogP contribution in [0.15, 0.2) is 32.3 Å². The van der Waals surface area contributed by atoms with Crippen LogP contribution < -0.4 is 16.2 Å². The lowest BCUT2D eigenvalue weighted by Gasteiger charge is -2.26. The Balaban J connectivity index is 1.87. The molecule has 1 fully saturated rings. The van der Waals surface area contributed by atoms with Gasteiger partial charge in [-0.3, -0.25) is 4.57 Å². The molecule has 1 aliphatic carbocycles. The number of hydrogen-bond donors (Lipinski definition) is 2. The largest absolute Gasteiger partial charge is 0.419 e. The molecule has 3 rings (SSSR count). The molecule has 2 aromatic rings. The van der Waals surface area contributed by atoms with Crippen molar-refractivity contribution in [2.75, 3.05) is 0 Å². The Morgan fingerprint density at radius 2 is 1.95 bits per heavy atom. The molecule has 0 spiro atoms. The molecule has 3 N–H and O–H groups in total. The highest BCUT2D eigenvalue weighted by atomic mass is 32.2. The fourth-order valence-corrected chi connectivity index (χ4v) is 4.13. The summed E-state index contributed by atoms with van der Waals surface area (Å²) in [5, 5.41) is 0. The molecule has 0 saturated heterocycles. The predicted molar refractivity (Wildman–Crippen MR) is 82.0 cm³/mol. The highest BCUT2D eigenvalue weighted by Gasteiger charge is 2.25. The van der Waals surface area contributed by atoms with Gasteiger partial charge in [-0.05, 0) is 37.8 Å². The molecule has 1 aliphatic rings. The Bertz CT molecular complexity index is 845. The monoisotopic (exact) mass is 325 g/mol. The van der Waals surface area contributed by atoms with Gasteiger partial charge in [0.2, 0.25) is 10.0 Å². The zero-order chi connectivity index (χ0) is 15.9. The van der Waals surface area contributed by atoms with Gasteiger partial charge in [-0.2, -0.15) is 0 Å². The van der Waals surface area contributed by atoms with Crippen molar-refractivity contribution >= 4 is 21.1 Å². The van der Waals surface area contributed by atoms with E-state index >= 15 is 0 Å². The Morgan fingerprint density at radius 1 is 1.27 bits per heavy atom. The average Bonchev–Trinajstić information content (AvgIpc) is 2.76. The molecule has 0 amide bonds. The van der Waals surface area contributed by atoms with Gasteiger partial charge in [0.05, 0.1) is 10.4 Å². The van der Waals surface area contributed by atoms with Crippen LogP contribution in [0.4, 0.5) is 0 Å². The fraction of sp³-hybridized carbons (Fsp3) is 0.500. The molecule has 22 heavy (non-hydrogen) atoms. The number of aryl methyl sites for hydroxylation is 1. The first-order chi connectivity index (χ1) is 10.4. The first-order valence-corrected chi connectivity index (χ1v) is 8.72. The molecule has 0 radical (unpaired) electrons. The van der Waals surface area contributed by atoms with Gasteiger partial charge in [0.25, 0.3) is 0 Å². The quantitative estimate of drug-likeness (QED) is 0.863. The summed E-state index contributed by atoms with van der Waals surface area (Å²) in [7, 11) is -2.06. The van der Waals surface area contributed by atoms with Crippen LogP contribution in [-0.4, -0.2) is 25.1 Å². The minimum Gasteiger partial charge on any atom is -0.408 e. The molecular formula is C14H19N3O4S. The predicted octanol–water partition coefficient (Wildman–Crippen LogP) is 0.680. The van der Waals surface area contributed by atoms with Crippen LogP contribution in [0, 0.1) is 0 Å². The molecule has 1 aromatic carbocycles. The van der Waals surface area contributed by atoms with Gasteiger partial charge in [-0.15, -0.1) is 0 Å². The zero-order valence-corrected chi connectivity index (χ0v) is 13.1. The van der Waals surface area contributed by atoms with Gasteiger partial charge in [0.15, 0.2) is 5.58 Å². The van der Waals surface area contributed by atoms with E-state index in [0.29, 0.717) is 5.52 Å². The third-order valence-electron chi connectivity index (χ3n) is 4.17. The normalized spacial score (nSPS) is 23.0. The van der Waals surface area contributed by atoms with Crippen LogP contribution in [0.25, 0.3) is 11.1 Å². The number of nitrogens with one attached hydrogen (secondary N) is 1. The van der Waals surface area contributed by atoms with Gasteiger partial charge < -0.3 is 10.2 Å². The second-order valence-electron chi connectivity index (χ2n) is 5.79. The van der Waals surface area contributed by atoms with E-state index in [2.05, 4.69) is 4.72 Å². The lowest BCUT2D eigenvalue weighted by atomic mass is 9.93. The number of fused-ring (bicyclic) bond motifs is 1. The number of hydrogen-bond acceptors (Lipinski definition) is 5. The minimum absolute atomic E-state index is 0.0942. The molecule has 8 heteroatoms. The first kappa shape index (κ1) is 15.3. The second kappa shape index (κ2) is 5.53. The molecule has 0 bridgehead atoms. The Hall–Kier alpha value is -1.64. The molecule has 1 aromatic heterocycles. The number of rotatable bonds is 3. The van der Waals surface area contributed by atoms with Crippen LogP contribution in [0.5, 0.6) is 0 Å². The van der Waals surface area contributed by atoms with Crippen LogP contribution in [0.3, 0.4) is 0 Å². The van der Waals surface area contributed by atoms with E-state index in [1.54, 1.807) is 13.1 Å². The number of nitrogens with two attached hydrogens (primary N) is 1. The Labute approximate surface area is 128 Å². The third kappa shape index (κ3) is 2.81. The molecule has 1 heterocycles. The van der Waals surface area contributed by atoms with Crippen molar-refractivity contribution in [1.29, 1.82) is 0 Å². The van der Waals surface area contributed by atoms with Crippen molar-refractivity contribution in [3.8, 4) is 0 Å². The van der Waals surface area contributed by atoms with E-state index in [4.69, 9.17) is 10.2 Å². The van der Waals surface area contributed by atoms with E-state index in [1.807, 2.05) is 0 Å². The van der Waals surface area contributed by atoms with E-state index in [0.717, 1.165) is 25.7 Å². The lowest BCUT2D eigenvalue weighted by Crippen LogP contribution is -2.40. The zero-order valence-electron chi connectivity index (χ0n) is 12.3. The summed E-state index contributed by atoms with van der Waals surface area (Å²) in [6, 6.07) is 4.51. The van der Waals surface area contributed by atoms with Gasteiger partial charge in [0, 0.05) is 25.2 Å². The first-order valence-electron chi connectivity index (χ1n) is 7.24. The number of benzene rings is 1. The number of nitrogens with zero attached hydrogens (tertiary/aromatic N) is 1. The molecule has 7 nitrogen and oxygen atoms in total. The van der Waals surface area contributed by atoms with Gasteiger partial charge in [0.1, 0.15) is 0 Å². The Morgan fingerprint density at radius 3 is 2.64 bits per heavy atom. The van der Waals surface area contributed by atoms with Gasteiger partial charge in [-0.25, -0.2) is 17.9 Å². The van der Waals surface area contributed by atoms with Crippen molar-refractivity contribution in [1.82, 2.24) is 9.29 Å².